The van der Waals surface area contributed by atoms with E-state index in [1.54, 1.807) is 0 Å². The van der Waals surface area contributed by atoms with Crippen LogP contribution in [0.2, 0.25) is 0 Å². The average molecular weight is 407 g/mol. The van der Waals surface area contributed by atoms with Crippen LogP contribution in [-0.4, -0.2) is 50.3 Å². The fraction of sp³-hybridized carbons (Fsp3) is 1.00. The summed E-state index contributed by atoms with van der Waals surface area (Å²) < 4.78 is 120. The van der Waals surface area contributed by atoms with E-state index in [2.05, 4.69) is 5.32 Å². The molecule has 25 heavy (non-hydrogen) atoms. The second-order valence-corrected chi connectivity index (χ2v) is 6.82. The number of alkyl halides is 7. The lowest BCUT2D eigenvalue weighted by Crippen LogP contribution is -2.61. The molecule has 0 aromatic rings. The van der Waals surface area contributed by atoms with Gasteiger partial charge in [0.05, 0.1) is 0 Å². The molecule has 0 heterocycles. The fourth-order valence-electron chi connectivity index (χ4n) is 1.66. The first-order valence-electron chi connectivity index (χ1n) is 7.48. The van der Waals surface area contributed by atoms with Crippen molar-refractivity contribution in [2.45, 2.75) is 68.7 Å². The molecule has 0 aliphatic heterocycles. The molecule has 0 saturated heterocycles. The van der Waals surface area contributed by atoms with E-state index in [0.717, 1.165) is 6.42 Å². The zero-order valence-electron chi connectivity index (χ0n) is 14.1. The molecule has 0 rings (SSSR count). The number of unbranched alkanes of at least 4 members (excludes halogenated alkanes) is 4. The van der Waals surface area contributed by atoms with Gasteiger partial charge in [0, 0.05) is 0 Å². The van der Waals surface area contributed by atoms with Crippen molar-refractivity contribution in [3.05, 3.63) is 0 Å². The van der Waals surface area contributed by atoms with Gasteiger partial charge in [-0.25, -0.2) is 4.39 Å². The van der Waals surface area contributed by atoms with Crippen LogP contribution in [0.5, 0.6) is 0 Å². The van der Waals surface area contributed by atoms with Crippen LogP contribution in [0.4, 0.5) is 30.7 Å². The smallest absolute Gasteiger partial charge is 0.323 e. The lowest BCUT2D eigenvalue weighted by Gasteiger charge is -2.32. The van der Waals surface area contributed by atoms with Crippen LogP contribution in [0.3, 0.4) is 0 Å². The predicted octanol–water partition coefficient (Wildman–Crippen LogP) is 4.27. The summed E-state index contributed by atoms with van der Waals surface area (Å²) in [4.78, 5) is 0. The van der Waals surface area contributed by atoms with Gasteiger partial charge in [-0.2, -0.15) is 34.8 Å². The number of hydrogen-bond donors (Lipinski definition) is 2. The molecule has 0 saturated carbocycles. The van der Waals surface area contributed by atoms with Crippen LogP contribution in [0.25, 0.3) is 0 Å². The molecular formula is C13H24F7NO3S. The van der Waals surface area contributed by atoms with Gasteiger partial charge in [0.25, 0.3) is 0 Å². The summed E-state index contributed by atoms with van der Waals surface area (Å²) in [6.45, 7) is 1.84. The van der Waals surface area contributed by atoms with E-state index in [4.69, 9.17) is 4.55 Å². The Bertz CT molecular complexity index is 472. The fourth-order valence-corrected chi connectivity index (χ4v) is 2.12. The van der Waals surface area contributed by atoms with Crippen LogP contribution in [0.15, 0.2) is 0 Å². The molecule has 0 bridgehead atoms. The summed E-state index contributed by atoms with van der Waals surface area (Å²) in [5.41, 5.74) is 0. The van der Waals surface area contributed by atoms with Crippen LogP contribution >= 0.6 is 0 Å². The zero-order valence-corrected chi connectivity index (χ0v) is 15.0. The Morgan fingerprint density at radius 2 is 1.36 bits per heavy atom. The Balaban J connectivity index is 0. The van der Waals surface area contributed by atoms with Crippen molar-refractivity contribution >= 4 is 10.1 Å². The highest BCUT2D eigenvalue weighted by Crippen LogP contribution is 2.50. The van der Waals surface area contributed by atoms with Gasteiger partial charge in [0.1, 0.15) is 0 Å². The van der Waals surface area contributed by atoms with E-state index in [1.165, 1.54) is 0 Å². The molecule has 154 valence electrons. The van der Waals surface area contributed by atoms with Crippen molar-refractivity contribution < 1.29 is 43.7 Å². The molecule has 0 aromatic carbocycles. The number of rotatable bonds is 10. The first-order chi connectivity index (χ1) is 11.1. The third-order valence-corrected chi connectivity index (χ3v) is 3.97. The predicted molar refractivity (Wildman–Crippen MR) is 79.6 cm³/mol. The van der Waals surface area contributed by atoms with Crippen molar-refractivity contribution in [2.24, 2.45) is 0 Å². The largest absolute Gasteiger partial charge is 0.438 e. The second-order valence-electron chi connectivity index (χ2n) is 5.36. The quantitative estimate of drug-likeness (QED) is 0.322. The lowest BCUT2D eigenvalue weighted by atomic mass is 10.0. The third-order valence-electron chi connectivity index (χ3n) is 3.06. The Morgan fingerprint density at radius 1 is 0.960 bits per heavy atom. The molecule has 2 N–H and O–H groups in total. The standard InChI is InChI=1S/C11H17F7O3S.C2H7N/c1-2-3-4-5-6-7-8(12)9(13,14)10(15,16)11(17,18)22(19,20)21;1-3-2/h8H,2-7H2,1H3,(H,19,20,21);3H,1-2H3. The van der Waals surface area contributed by atoms with E-state index in [9.17, 15) is 39.2 Å². The minimum Gasteiger partial charge on any atom is -0.323 e. The van der Waals surface area contributed by atoms with E-state index in [0.29, 0.717) is 12.8 Å². The highest BCUT2D eigenvalue weighted by molar-refractivity contribution is 7.87. The zero-order chi connectivity index (χ0) is 20.5. The Kier molecular flexibility index (Phi) is 11.2. The lowest BCUT2D eigenvalue weighted by molar-refractivity contribution is -0.300. The SMILES string of the molecule is CCCCCCCC(F)C(F)(F)C(F)(F)C(F)(F)S(=O)(=O)O.CNC. The Morgan fingerprint density at radius 3 is 1.72 bits per heavy atom. The number of halogens is 7. The molecular weight excluding hydrogens is 383 g/mol. The first-order valence-corrected chi connectivity index (χ1v) is 8.92. The molecule has 0 aliphatic rings. The highest BCUT2D eigenvalue weighted by Gasteiger charge is 2.79. The minimum atomic E-state index is -6.84. The van der Waals surface area contributed by atoms with Gasteiger partial charge in [-0.3, -0.25) is 4.55 Å². The topological polar surface area (TPSA) is 66.4 Å². The summed E-state index contributed by atoms with van der Waals surface area (Å²) in [6.07, 6.45) is -2.77. The van der Waals surface area contributed by atoms with E-state index in [1.807, 2.05) is 21.0 Å². The van der Waals surface area contributed by atoms with E-state index >= 15 is 0 Å². The molecule has 12 heteroatoms. The maximum absolute atomic E-state index is 13.3. The molecule has 0 aromatic heterocycles. The van der Waals surface area contributed by atoms with E-state index in [-0.39, 0.29) is 12.8 Å². The van der Waals surface area contributed by atoms with Crippen molar-refractivity contribution in [2.75, 3.05) is 14.1 Å². The summed E-state index contributed by atoms with van der Waals surface area (Å²) >= 11 is 0. The highest BCUT2D eigenvalue weighted by atomic mass is 32.2. The van der Waals surface area contributed by atoms with Crippen molar-refractivity contribution in [3.8, 4) is 0 Å². The first kappa shape index (κ1) is 26.6. The van der Waals surface area contributed by atoms with Crippen LogP contribution in [0.1, 0.15) is 45.4 Å². The summed E-state index contributed by atoms with van der Waals surface area (Å²) in [5, 5.41) is -3.75. The van der Waals surface area contributed by atoms with Gasteiger partial charge < -0.3 is 5.32 Å². The molecule has 0 spiro atoms. The monoisotopic (exact) mass is 407 g/mol. The maximum Gasteiger partial charge on any atom is 0.438 e. The van der Waals surface area contributed by atoms with Gasteiger partial charge in [-0.15, -0.1) is 0 Å². The Labute approximate surface area is 142 Å². The van der Waals surface area contributed by atoms with Gasteiger partial charge in [-0.1, -0.05) is 39.0 Å². The molecule has 4 nitrogen and oxygen atoms in total. The van der Waals surface area contributed by atoms with Crippen LogP contribution in [0, 0.1) is 0 Å². The number of hydrogen-bond acceptors (Lipinski definition) is 3. The molecule has 1 unspecified atom stereocenters. The molecule has 0 radical (unpaired) electrons. The van der Waals surface area contributed by atoms with Crippen LogP contribution in [-0.2, 0) is 10.1 Å². The maximum atomic E-state index is 13.3. The van der Waals surface area contributed by atoms with Gasteiger partial charge in [-0.05, 0) is 20.5 Å². The Hall–Kier alpha value is -0.620. The van der Waals surface area contributed by atoms with Gasteiger partial charge in [0.2, 0.25) is 0 Å². The van der Waals surface area contributed by atoms with Crippen molar-refractivity contribution in [1.29, 1.82) is 0 Å². The molecule has 0 aliphatic carbocycles. The van der Waals surface area contributed by atoms with Crippen molar-refractivity contribution in [1.82, 2.24) is 5.32 Å². The minimum absolute atomic E-state index is 0.241. The summed E-state index contributed by atoms with van der Waals surface area (Å²) in [7, 11) is -3.09. The normalized spacial score (nSPS) is 14.7. The second kappa shape index (κ2) is 10.5. The third kappa shape index (κ3) is 6.89. The van der Waals surface area contributed by atoms with Gasteiger partial charge in [0.15, 0.2) is 6.17 Å². The van der Waals surface area contributed by atoms with Gasteiger partial charge >= 0.3 is 27.2 Å². The summed E-state index contributed by atoms with van der Waals surface area (Å²) in [5.74, 6) is -12.5. The van der Waals surface area contributed by atoms with Crippen LogP contribution < -0.4 is 5.32 Å². The average Bonchev–Trinajstić information content (AvgIpc) is 2.46. The van der Waals surface area contributed by atoms with E-state index < -0.39 is 39.8 Å². The number of nitrogens with one attached hydrogen (secondary N) is 1. The summed E-state index contributed by atoms with van der Waals surface area (Å²) in [6, 6.07) is 0. The van der Waals surface area contributed by atoms with Crippen molar-refractivity contribution in [3.63, 3.8) is 0 Å². The molecule has 0 amide bonds. The molecule has 1 atom stereocenters. The molecule has 0 fully saturated rings.